The highest BCUT2D eigenvalue weighted by Gasteiger charge is 2.48. The normalized spacial score (nSPS) is 33.6. The number of hydrogen-bond donors (Lipinski definition) is 0. The number of nitrogens with zero attached hydrogens (tertiary/aromatic N) is 1. The van der Waals surface area contributed by atoms with Gasteiger partial charge in [0, 0.05) is 23.9 Å². The smallest absolute Gasteiger partial charge is 0.0691 e. The van der Waals surface area contributed by atoms with Crippen LogP contribution in [0.5, 0.6) is 0 Å². The number of allylic oxidation sites excluding steroid dienone is 2. The Balaban J connectivity index is 1.87. The van der Waals surface area contributed by atoms with Crippen LogP contribution < -0.4 is 0 Å². The second kappa shape index (κ2) is 5.40. The standard InChI is InChI=1S/C17H27NO/c1-2-8-16(15-7-3-6-12-18-15)11-13-19-17(14-16)9-4-5-10-17/h7,12H,2-6,8-11,13-14H2,1H3/t16-/m0/s1. The van der Waals surface area contributed by atoms with Gasteiger partial charge in [-0.25, -0.2) is 0 Å². The first kappa shape index (κ1) is 13.4. The van der Waals surface area contributed by atoms with Crippen molar-refractivity contribution in [2.24, 2.45) is 10.4 Å². The van der Waals surface area contributed by atoms with Gasteiger partial charge in [-0.05, 0) is 44.9 Å². The highest BCUT2D eigenvalue weighted by atomic mass is 16.5. The summed E-state index contributed by atoms with van der Waals surface area (Å²) >= 11 is 0. The topological polar surface area (TPSA) is 21.6 Å². The molecule has 0 aromatic carbocycles. The van der Waals surface area contributed by atoms with E-state index in [4.69, 9.17) is 9.73 Å². The van der Waals surface area contributed by atoms with Gasteiger partial charge in [0.1, 0.15) is 0 Å². The van der Waals surface area contributed by atoms with Gasteiger partial charge in [0.25, 0.3) is 0 Å². The van der Waals surface area contributed by atoms with E-state index in [-0.39, 0.29) is 5.60 Å². The maximum atomic E-state index is 6.24. The molecule has 2 heteroatoms. The Morgan fingerprint density at radius 1 is 1.21 bits per heavy atom. The van der Waals surface area contributed by atoms with Crippen LogP contribution in [0, 0.1) is 5.41 Å². The SMILES string of the molecule is CCC[C@]1(C2=CCCC=N2)CCOC2(CCCC2)C1. The van der Waals surface area contributed by atoms with Crippen LogP contribution in [0.1, 0.15) is 71.1 Å². The van der Waals surface area contributed by atoms with E-state index in [0.717, 1.165) is 13.0 Å². The molecule has 0 N–H and O–H groups in total. The largest absolute Gasteiger partial charge is 0.375 e. The Morgan fingerprint density at radius 2 is 2.05 bits per heavy atom. The zero-order valence-electron chi connectivity index (χ0n) is 12.3. The summed E-state index contributed by atoms with van der Waals surface area (Å²) < 4.78 is 6.24. The molecule has 1 aliphatic carbocycles. The summed E-state index contributed by atoms with van der Waals surface area (Å²) in [5.74, 6) is 0. The van der Waals surface area contributed by atoms with E-state index in [1.165, 1.54) is 63.5 Å². The van der Waals surface area contributed by atoms with Crippen molar-refractivity contribution >= 4 is 6.21 Å². The maximum absolute atomic E-state index is 6.24. The fraction of sp³-hybridized carbons (Fsp3) is 0.824. The Bertz CT molecular complexity index is 375. The first-order chi connectivity index (χ1) is 9.29. The summed E-state index contributed by atoms with van der Waals surface area (Å²) in [4.78, 5) is 4.78. The average molecular weight is 261 g/mol. The molecule has 106 valence electrons. The molecule has 0 bridgehead atoms. The molecular formula is C17H27NO. The molecular weight excluding hydrogens is 234 g/mol. The number of ether oxygens (including phenoxy) is 1. The molecule has 2 fully saturated rings. The van der Waals surface area contributed by atoms with Crippen molar-refractivity contribution < 1.29 is 4.74 Å². The van der Waals surface area contributed by atoms with E-state index in [1.54, 1.807) is 0 Å². The minimum Gasteiger partial charge on any atom is -0.375 e. The highest BCUT2D eigenvalue weighted by Crippen LogP contribution is 2.53. The van der Waals surface area contributed by atoms with Gasteiger partial charge in [-0.15, -0.1) is 0 Å². The Labute approximate surface area is 117 Å². The fourth-order valence-corrected chi connectivity index (χ4v) is 4.46. The molecule has 1 spiro atoms. The summed E-state index contributed by atoms with van der Waals surface area (Å²) in [5, 5.41) is 0. The quantitative estimate of drug-likeness (QED) is 0.725. The van der Waals surface area contributed by atoms with Crippen molar-refractivity contribution in [1.29, 1.82) is 0 Å². The number of rotatable bonds is 3. The van der Waals surface area contributed by atoms with Crippen LogP contribution in [0.3, 0.4) is 0 Å². The van der Waals surface area contributed by atoms with Gasteiger partial charge in [0.05, 0.1) is 5.60 Å². The van der Waals surface area contributed by atoms with E-state index < -0.39 is 0 Å². The lowest BCUT2D eigenvalue weighted by Crippen LogP contribution is -2.44. The van der Waals surface area contributed by atoms with E-state index in [2.05, 4.69) is 19.2 Å². The minimum absolute atomic E-state index is 0.196. The molecule has 0 aromatic rings. The zero-order valence-corrected chi connectivity index (χ0v) is 12.3. The Morgan fingerprint density at radius 3 is 2.74 bits per heavy atom. The van der Waals surface area contributed by atoms with Crippen LogP contribution in [0.4, 0.5) is 0 Å². The lowest BCUT2D eigenvalue weighted by molar-refractivity contribution is -0.115. The third kappa shape index (κ3) is 2.52. The van der Waals surface area contributed by atoms with E-state index >= 15 is 0 Å². The summed E-state index contributed by atoms with van der Waals surface area (Å²) in [5.41, 5.74) is 1.89. The van der Waals surface area contributed by atoms with Crippen LogP contribution in [-0.4, -0.2) is 18.4 Å². The summed E-state index contributed by atoms with van der Waals surface area (Å²) in [7, 11) is 0. The van der Waals surface area contributed by atoms with Gasteiger partial charge < -0.3 is 4.74 Å². The Hall–Kier alpha value is -0.630. The van der Waals surface area contributed by atoms with Gasteiger partial charge in [-0.2, -0.15) is 0 Å². The molecule has 0 radical (unpaired) electrons. The molecule has 19 heavy (non-hydrogen) atoms. The molecule has 0 unspecified atom stereocenters. The van der Waals surface area contributed by atoms with Crippen LogP contribution in [-0.2, 0) is 4.74 Å². The van der Waals surface area contributed by atoms with Crippen molar-refractivity contribution in [3.63, 3.8) is 0 Å². The minimum atomic E-state index is 0.196. The van der Waals surface area contributed by atoms with Gasteiger partial charge in [-0.3, -0.25) is 4.99 Å². The second-order valence-corrected chi connectivity index (χ2v) is 6.67. The van der Waals surface area contributed by atoms with Crippen LogP contribution in [0.25, 0.3) is 0 Å². The first-order valence-electron chi connectivity index (χ1n) is 8.16. The fourth-order valence-electron chi connectivity index (χ4n) is 4.46. The molecule has 1 atom stereocenters. The summed E-state index contributed by atoms with van der Waals surface area (Å²) in [6.07, 6.45) is 17.0. The first-order valence-corrected chi connectivity index (χ1v) is 8.16. The van der Waals surface area contributed by atoms with Crippen LogP contribution >= 0.6 is 0 Å². The van der Waals surface area contributed by atoms with Crippen LogP contribution in [0.2, 0.25) is 0 Å². The van der Waals surface area contributed by atoms with Crippen molar-refractivity contribution in [2.75, 3.05) is 6.61 Å². The molecule has 1 saturated heterocycles. The maximum Gasteiger partial charge on any atom is 0.0691 e. The van der Waals surface area contributed by atoms with Crippen molar-refractivity contribution in [1.82, 2.24) is 0 Å². The lowest BCUT2D eigenvalue weighted by Gasteiger charge is -2.47. The number of aliphatic imine (C=N–C) groups is 1. The van der Waals surface area contributed by atoms with Gasteiger partial charge in [0.15, 0.2) is 0 Å². The van der Waals surface area contributed by atoms with E-state index in [0.29, 0.717) is 5.41 Å². The van der Waals surface area contributed by atoms with E-state index in [1.807, 2.05) is 0 Å². The van der Waals surface area contributed by atoms with Crippen molar-refractivity contribution in [3.05, 3.63) is 11.8 Å². The van der Waals surface area contributed by atoms with Gasteiger partial charge >= 0.3 is 0 Å². The molecule has 3 aliphatic rings. The highest BCUT2D eigenvalue weighted by molar-refractivity contribution is 5.61. The summed E-state index contributed by atoms with van der Waals surface area (Å²) in [6.45, 7) is 3.25. The predicted octanol–water partition coefficient (Wildman–Crippen LogP) is 4.64. The molecule has 2 heterocycles. The van der Waals surface area contributed by atoms with Gasteiger partial charge in [-0.1, -0.05) is 32.3 Å². The molecule has 0 amide bonds. The molecule has 2 nitrogen and oxygen atoms in total. The van der Waals surface area contributed by atoms with Crippen molar-refractivity contribution in [3.8, 4) is 0 Å². The molecule has 0 aromatic heterocycles. The van der Waals surface area contributed by atoms with Crippen LogP contribution in [0.15, 0.2) is 16.8 Å². The zero-order chi connectivity index (χ0) is 13.2. The molecule has 1 saturated carbocycles. The van der Waals surface area contributed by atoms with E-state index in [9.17, 15) is 0 Å². The Kier molecular flexibility index (Phi) is 3.79. The average Bonchev–Trinajstić information content (AvgIpc) is 2.88. The molecule has 2 aliphatic heterocycles. The van der Waals surface area contributed by atoms with Gasteiger partial charge in [0.2, 0.25) is 0 Å². The predicted molar refractivity (Wildman–Crippen MR) is 79.5 cm³/mol. The third-order valence-electron chi connectivity index (χ3n) is 5.30. The lowest BCUT2D eigenvalue weighted by atomic mass is 9.67. The summed E-state index contributed by atoms with van der Waals surface area (Å²) in [6, 6.07) is 0. The number of hydrogen-bond acceptors (Lipinski definition) is 2. The monoisotopic (exact) mass is 261 g/mol. The molecule has 3 rings (SSSR count). The van der Waals surface area contributed by atoms with Crippen molar-refractivity contribution in [2.45, 2.75) is 76.7 Å². The second-order valence-electron chi connectivity index (χ2n) is 6.67. The third-order valence-corrected chi connectivity index (χ3v) is 5.30.